The van der Waals surface area contributed by atoms with Crippen LogP contribution in [-0.4, -0.2) is 51.0 Å². The van der Waals surface area contributed by atoms with E-state index >= 15 is 0 Å². The van der Waals surface area contributed by atoms with Crippen LogP contribution in [0.15, 0.2) is 85.5 Å². The molecule has 0 saturated carbocycles. The Labute approximate surface area is 210 Å². The molecule has 0 spiro atoms. The van der Waals surface area contributed by atoms with Crippen molar-refractivity contribution in [1.29, 1.82) is 0 Å². The van der Waals surface area contributed by atoms with E-state index in [4.69, 9.17) is 9.47 Å². The van der Waals surface area contributed by atoms with Gasteiger partial charge >= 0.3 is 0 Å². The van der Waals surface area contributed by atoms with Crippen LogP contribution in [0.3, 0.4) is 0 Å². The topological polar surface area (TPSA) is 93.9 Å². The van der Waals surface area contributed by atoms with Crippen LogP contribution in [0.25, 0.3) is 5.76 Å². The standard InChI is InChI=1S/C28H29N3O5/c1-3-17-36-23-8-5-7-21(18-23)25-24(26(32)20-9-11-22(12-10-20)35-4-2)27(33)28(34)31(25)15-6-14-30-16-13-29-19-30/h3,5,7-13,16,18-19,25,32H,1,4,6,14-15,17H2,2H3/b26-24-. The van der Waals surface area contributed by atoms with Crippen molar-refractivity contribution in [2.24, 2.45) is 0 Å². The van der Waals surface area contributed by atoms with Crippen LogP contribution >= 0.6 is 0 Å². The molecule has 0 bridgehead atoms. The number of benzene rings is 2. The second kappa shape index (κ2) is 11.4. The predicted molar refractivity (Wildman–Crippen MR) is 136 cm³/mol. The largest absolute Gasteiger partial charge is 0.507 e. The average Bonchev–Trinajstić information content (AvgIpc) is 3.50. The van der Waals surface area contributed by atoms with Gasteiger partial charge in [0.25, 0.3) is 11.7 Å². The molecule has 1 atom stereocenters. The van der Waals surface area contributed by atoms with Gasteiger partial charge < -0.3 is 24.0 Å². The number of hydrogen-bond donors (Lipinski definition) is 1. The average molecular weight is 488 g/mol. The van der Waals surface area contributed by atoms with Gasteiger partial charge in [0.2, 0.25) is 0 Å². The summed E-state index contributed by atoms with van der Waals surface area (Å²) < 4.78 is 13.1. The Kier molecular flexibility index (Phi) is 7.85. The van der Waals surface area contributed by atoms with Crippen LogP contribution in [0.4, 0.5) is 0 Å². The SMILES string of the molecule is C=CCOc1cccc(C2/C(=C(/O)c3ccc(OCC)cc3)C(=O)C(=O)N2CCCn2ccnc2)c1. The first kappa shape index (κ1) is 24.8. The normalized spacial score (nSPS) is 16.8. The third-order valence-electron chi connectivity index (χ3n) is 5.89. The summed E-state index contributed by atoms with van der Waals surface area (Å²) in [5.41, 5.74) is 1.15. The molecule has 8 heteroatoms. The molecule has 2 aromatic carbocycles. The minimum absolute atomic E-state index is 0.0488. The Morgan fingerprint density at radius 1 is 1.11 bits per heavy atom. The monoisotopic (exact) mass is 487 g/mol. The predicted octanol–water partition coefficient (Wildman–Crippen LogP) is 4.36. The highest BCUT2D eigenvalue weighted by atomic mass is 16.5. The fourth-order valence-corrected chi connectivity index (χ4v) is 4.26. The summed E-state index contributed by atoms with van der Waals surface area (Å²) in [5, 5.41) is 11.2. The lowest BCUT2D eigenvalue weighted by Gasteiger charge is -2.25. The Balaban J connectivity index is 1.72. The molecule has 0 radical (unpaired) electrons. The van der Waals surface area contributed by atoms with E-state index in [0.29, 0.717) is 55.4 Å². The molecule has 1 aliphatic heterocycles. The second-order valence-corrected chi connectivity index (χ2v) is 8.28. The maximum absolute atomic E-state index is 13.2. The van der Waals surface area contributed by atoms with E-state index < -0.39 is 17.7 Å². The third kappa shape index (κ3) is 5.33. The number of hydrogen-bond acceptors (Lipinski definition) is 6. The maximum Gasteiger partial charge on any atom is 0.295 e. The number of ketones is 1. The Morgan fingerprint density at radius 2 is 1.92 bits per heavy atom. The first-order chi connectivity index (χ1) is 17.5. The zero-order chi connectivity index (χ0) is 25.5. The lowest BCUT2D eigenvalue weighted by molar-refractivity contribution is -0.139. The number of aliphatic hydroxyl groups is 1. The summed E-state index contributed by atoms with van der Waals surface area (Å²) in [7, 11) is 0. The van der Waals surface area contributed by atoms with Crippen molar-refractivity contribution in [3.05, 3.63) is 96.6 Å². The number of imidazole rings is 1. The van der Waals surface area contributed by atoms with Crippen molar-refractivity contribution >= 4 is 17.4 Å². The number of carbonyl (C=O) groups is 2. The summed E-state index contributed by atoms with van der Waals surface area (Å²) >= 11 is 0. The molecule has 1 N–H and O–H groups in total. The molecule has 0 aliphatic carbocycles. The molecular weight excluding hydrogens is 458 g/mol. The number of carbonyl (C=O) groups excluding carboxylic acids is 2. The van der Waals surface area contributed by atoms with Crippen LogP contribution in [0, 0.1) is 0 Å². The number of Topliss-reactive ketones (excluding diaryl/α,β-unsaturated/α-hetero) is 1. The summed E-state index contributed by atoms with van der Waals surface area (Å²) in [6.07, 6.45) is 7.49. The molecule has 3 aromatic rings. The summed E-state index contributed by atoms with van der Waals surface area (Å²) in [5.74, 6) is -0.354. The van der Waals surface area contributed by atoms with Crippen molar-refractivity contribution in [2.45, 2.75) is 25.9 Å². The molecule has 1 saturated heterocycles. The number of rotatable bonds is 11. The van der Waals surface area contributed by atoms with E-state index in [2.05, 4.69) is 11.6 Å². The van der Waals surface area contributed by atoms with Gasteiger partial charge in [-0.25, -0.2) is 4.98 Å². The number of aryl methyl sites for hydroxylation is 1. The molecule has 1 unspecified atom stereocenters. The highest BCUT2D eigenvalue weighted by Gasteiger charge is 2.45. The number of ether oxygens (including phenoxy) is 2. The van der Waals surface area contributed by atoms with Crippen LogP contribution in [0.1, 0.15) is 30.5 Å². The maximum atomic E-state index is 13.2. The number of amides is 1. The fourth-order valence-electron chi connectivity index (χ4n) is 4.26. The van der Waals surface area contributed by atoms with Gasteiger partial charge in [-0.05, 0) is 55.3 Å². The van der Waals surface area contributed by atoms with Crippen molar-refractivity contribution in [1.82, 2.24) is 14.5 Å². The van der Waals surface area contributed by atoms with E-state index in [1.807, 2.05) is 23.8 Å². The van der Waals surface area contributed by atoms with E-state index in [9.17, 15) is 14.7 Å². The van der Waals surface area contributed by atoms with Gasteiger partial charge in [0.15, 0.2) is 0 Å². The molecule has 1 aliphatic rings. The van der Waals surface area contributed by atoms with Crippen LogP contribution in [0.2, 0.25) is 0 Å². The minimum Gasteiger partial charge on any atom is -0.507 e. The van der Waals surface area contributed by atoms with E-state index in [-0.39, 0.29) is 11.3 Å². The van der Waals surface area contributed by atoms with Gasteiger partial charge in [-0.15, -0.1) is 0 Å². The second-order valence-electron chi connectivity index (χ2n) is 8.28. The molecular formula is C28H29N3O5. The molecule has 1 amide bonds. The van der Waals surface area contributed by atoms with E-state index in [1.165, 1.54) is 4.90 Å². The fraction of sp³-hybridized carbons (Fsp3) is 0.250. The number of nitrogens with zero attached hydrogens (tertiary/aromatic N) is 3. The van der Waals surface area contributed by atoms with Gasteiger partial charge in [-0.1, -0.05) is 24.8 Å². The number of aromatic nitrogens is 2. The first-order valence-corrected chi connectivity index (χ1v) is 11.8. The number of aliphatic hydroxyl groups excluding tert-OH is 1. The first-order valence-electron chi connectivity index (χ1n) is 11.8. The zero-order valence-electron chi connectivity index (χ0n) is 20.2. The molecule has 186 valence electrons. The number of likely N-dealkylation sites (tertiary alicyclic amines) is 1. The van der Waals surface area contributed by atoms with E-state index in [0.717, 1.165) is 0 Å². The highest BCUT2D eigenvalue weighted by molar-refractivity contribution is 6.46. The summed E-state index contributed by atoms with van der Waals surface area (Å²) in [4.78, 5) is 32.0. The van der Waals surface area contributed by atoms with Crippen LogP contribution < -0.4 is 9.47 Å². The quantitative estimate of drug-likeness (QED) is 0.187. The smallest absolute Gasteiger partial charge is 0.295 e. The molecule has 1 aromatic heterocycles. The molecule has 1 fully saturated rings. The highest BCUT2D eigenvalue weighted by Crippen LogP contribution is 2.40. The minimum atomic E-state index is -0.758. The van der Waals surface area contributed by atoms with Gasteiger partial charge in [-0.2, -0.15) is 0 Å². The van der Waals surface area contributed by atoms with Gasteiger partial charge in [0, 0.05) is 31.0 Å². The van der Waals surface area contributed by atoms with Crippen molar-refractivity contribution in [2.75, 3.05) is 19.8 Å². The lowest BCUT2D eigenvalue weighted by Crippen LogP contribution is -2.31. The van der Waals surface area contributed by atoms with Gasteiger partial charge in [-0.3, -0.25) is 9.59 Å². The Hall–Kier alpha value is -4.33. The summed E-state index contributed by atoms with van der Waals surface area (Å²) in [6, 6.07) is 13.2. The third-order valence-corrected chi connectivity index (χ3v) is 5.89. The van der Waals surface area contributed by atoms with Gasteiger partial charge in [0.1, 0.15) is 23.9 Å². The van der Waals surface area contributed by atoms with Crippen molar-refractivity contribution in [3.63, 3.8) is 0 Å². The van der Waals surface area contributed by atoms with Crippen LogP contribution in [0.5, 0.6) is 11.5 Å². The summed E-state index contributed by atoms with van der Waals surface area (Å²) in [6.45, 7) is 7.35. The lowest BCUT2D eigenvalue weighted by atomic mass is 9.95. The Bertz CT molecular complexity index is 1250. The molecule has 2 heterocycles. The Morgan fingerprint density at radius 3 is 2.61 bits per heavy atom. The zero-order valence-corrected chi connectivity index (χ0v) is 20.2. The molecule has 36 heavy (non-hydrogen) atoms. The van der Waals surface area contributed by atoms with Gasteiger partial charge in [0.05, 0.1) is 24.5 Å². The van der Waals surface area contributed by atoms with Crippen molar-refractivity contribution < 1.29 is 24.2 Å². The van der Waals surface area contributed by atoms with Crippen molar-refractivity contribution in [3.8, 4) is 11.5 Å². The molecule has 4 rings (SSSR count). The molecule has 8 nitrogen and oxygen atoms in total. The van der Waals surface area contributed by atoms with Crippen LogP contribution in [-0.2, 0) is 16.1 Å². The van der Waals surface area contributed by atoms with E-state index in [1.54, 1.807) is 61.1 Å².